The van der Waals surface area contributed by atoms with Gasteiger partial charge >= 0.3 is 0 Å². The van der Waals surface area contributed by atoms with E-state index in [0.29, 0.717) is 17.1 Å². The van der Waals surface area contributed by atoms with Crippen LogP contribution in [0.25, 0.3) is 111 Å². The number of benzene rings is 16. The molecule has 114 heavy (non-hydrogen) atoms. The van der Waals surface area contributed by atoms with Crippen LogP contribution < -0.4 is 31.1 Å². The highest BCUT2D eigenvalue weighted by atomic mass is 15.2. The normalized spacial score (nSPS) is 14.3. The predicted octanol–water partition coefficient (Wildman–Crippen LogP) is 27.7. The number of hydrogen-bond donors (Lipinski definition) is 0. The lowest BCUT2D eigenvalue weighted by atomic mass is 9.33. The van der Waals surface area contributed by atoms with Crippen LogP contribution in [0.1, 0.15) is 96.8 Å². The Balaban J connectivity index is 0.967. The Morgan fingerprint density at radius 2 is 0.719 bits per heavy atom. The zero-order valence-electron chi connectivity index (χ0n) is 78.0. The fourth-order valence-corrected chi connectivity index (χ4v) is 17.3. The van der Waals surface area contributed by atoms with Crippen molar-refractivity contribution in [1.82, 2.24) is 9.13 Å². The van der Waals surface area contributed by atoms with Gasteiger partial charge in [0.25, 0.3) is 6.71 Å². The van der Waals surface area contributed by atoms with Crippen LogP contribution >= 0.6 is 0 Å². The fourth-order valence-electron chi connectivity index (χ4n) is 17.3. The average Bonchev–Trinajstić information content (AvgIpc) is 1.47. The molecule has 0 amide bonds. The van der Waals surface area contributed by atoms with Crippen molar-refractivity contribution in [2.45, 2.75) is 78.6 Å². The Bertz CT molecular complexity index is 7330. The lowest BCUT2D eigenvalue weighted by Crippen LogP contribution is -2.61. The van der Waals surface area contributed by atoms with Crippen LogP contribution in [0.2, 0.25) is 0 Å². The first-order valence-corrected chi connectivity index (χ1v) is 39.1. The molecule has 0 radical (unpaired) electrons. The Labute approximate surface area is 687 Å². The lowest BCUT2D eigenvalue weighted by Gasteiger charge is -2.46. The van der Waals surface area contributed by atoms with Gasteiger partial charge in [-0.3, -0.25) is 0 Å². The monoisotopic (exact) mass is 1480 g/mol. The molecular weight excluding hydrogens is 1380 g/mol. The maximum Gasteiger partial charge on any atom is 0.252 e. The molecule has 2 aromatic heterocycles. The van der Waals surface area contributed by atoms with Crippen molar-refractivity contribution in [3.63, 3.8) is 0 Å². The van der Waals surface area contributed by atoms with Gasteiger partial charge < -0.3 is 23.8 Å². The van der Waals surface area contributed by atoms with E-state index in [9.17, 15) is 12.3 Å². The van der Waals surface area contributed by atoms with E-state index in [1.807, 2.05) is 24.3 Å². The molecule has 20 rings (SSSR count). The van der Waals surface area contributed by atoms with Gasteiger partial charge in [-0.2, -0.15) is 0 Å². The van der Waals surface area contributed by atoms with Crippen LogP contribution in [0.5, 0.6) is 0 Å². The van der Waals surface area contributed by atoms with Crippen LogP contribution in [0.4, 0.5) is 51.2 Å². The molecule has 5 nitrogen and oxygen atoms in total. The maximum atomic E-state index is 10.4. The molecule has 2 aliphatic heterocycles. The van der Waals surface area contributed by atoms with E-state index < -0.39 is 85.3 Å². The summed E-state index contributed by atoms with van der Waals surface area (Å²) in [7, 11) is 0. The number of para-hydroxylation sites is 4. The van der Waals surface area contributed by atoms with Crippen LogP contribution in [0, 0.1) is 0 Å². The van der Waals surface area contributed by atoms with Crippen molar-refractivity contribution in [2.24, 2.45) is 0 Å². The summed E-state index contributed by atoms with van der Waals surface area (Å²) in [6.07, 6.45) is 0. The fraction of sp³-hybridized carbons (Fsp3) is 0.111. The minimum Gasteiger partial charge on any atom is -0.311 e. The van der Waals surface area contributed by atoms with E-state index in [4.69, 9.17) is 5.48 Å². The molecule has 0 unspecified atom stereocenters. The van der Waals surface area contributed by atoms with Crippen LogP contribution in [-0.2, 0) is 16.2 Å². The van der Waals surface area contributed by atoms with E-state index in [0.717, 1.165) is 128 Å². The highest BCUT2D eigenvalue weighted by Crippen LogP contribution is 2.54. The number of rotatable bonds is 12. The molecule has 6 heteroatoms. The van der Waals surface area contributed by atoms with E-state index >= 15 is 0 Å². The molecule has 0 bridgehead atoms. The van der Waals surface area contributed by atoms with Crippen LogP contribution in [-0.4, -0.2) is 15.8 Å². The third kappa shape index (κ3) is 11.9. The summed E-state index contributed by atoms with van der Waals surface area (Å²) >= 11 is 0. The Morgan fingerprint density at radius 3 is 1.26 bits per heavy atom. The van der Waals surface area contributed by atoms with Gasteiger partial charge in [0.05, 0.1) is 51.3 Å². The third-order valence-corrected chi connectivity index (χ3v) is 23.0. The summed E-state index contributed by atoms with van der Waals surface area (Å²) in [6, 6.07) is 95.3. The molecule has 0 aliphatic carbocycles. The van der Waals surface area contributed by atoms with Gasteiger partial charge in [-0.05, 0) is 215 Å². The van der Waals surface area contributed by atoms with Gasteiger partial charge in [0.1, 0.15) is 0 Å². The first kappa shape index (κ1) is 56.7. The van der Waals surface area contributed by atoms with Crippen LogP contribution in [0.15, 0.2) is 370 Å². The molecule has 18 aromatic rings. The van der Waals surface area contributed by atoms with Crippen molar-refractivity contribution in [3.05, 3.63) is 386 Å². The number of nitrogens with zero attached hydrogens (tertiary/aromatic N) is 5. The molecular formula is C108H88BN5. The van der Waals surface area contributed by atoms with E-state index in [1.54, 1.807) is 29.2 Å². The molecule has 16 aromatic carbocycles. The molecule has 0 saturated heterocycles. The van der Waals surface area contributed by atoms with Crippen molar-refractivity contribution < 1.29 is 17.8 Å². The van der Waals surface area contributed by atoms with Gasteiger partial charge in [-0.25, -0.2) is 0 Å². The Hall–Kier alpha value is -13.4. The molecule has 0 N–H and O–H groups in total. The highest BCUT2D eigenvalue weighted by molar-refractivity contribution is 7.00. The van der Waals surface area contributed by atoms with Gasteiger partial charge in [-0.15, -0.1) is 0 Å². The molecule has 0 saturated carbocycles. The van der Waals surface area contributed by atoms with Crippen molar-refractivity contribution in [3.8, 4) is 67.0 Å². The van der Waals surface area contributed by atoms with Gasteiger partial charge in [0.15, 0.2) is 0 Å². The molecule has 2 aliphatic rings. The smallest absolute Gasteiger partial charge is 0.252 e. The summed E-state index contributed by atoms with van der Waals surface area (Å²) in [4.78, 5) is 6.51. The highest BCUT2D eigenvalue weighted by Gasteiger charge is 2.46. The third-order valence-electron chi connectivity index (χ3n) is 23.0. The zero-order chi connectivity index (χ0) is 88.6. The second kappa shape index (κ2) is 27.2. The standard InChI is InChI=1S/C108H88BN5/c1-106(2,3)79-40-29-39-75(62-79)76-49-57-94-100(65-76)114(105-88(73-35-19-12-20-36-73)45-30-46-89(105)74-37-21-13-22-38-74)103-70-87(110(82-41-23-14-24-42-82)83-52-54-84(55-53-83)111-96-47-27-25-43-90(96)91-44-26-28-48-97(91)111)69-102-104(103)109(94)95-58-56-85(112-98-59-50-80(107(4,5)6)66-92(98)93-67-81(108(7,8)9)51-60-99(93)112)68-101(95)113(102)86-63-77(71-31-15-10-16-32-71)61-78(64-86)72-33-17-11-18-34-72/h10-70H,1-9H3/i14D,23D,24D,25D,26D,27D,28D,41D,42D,43D,44D,47D,48D. The van der Waals surface area contributed by atoms with E-state index in [2.05, 4.69) is 319 Å². The quantitative estimate of drug-likeness (QED) is 0.114. The zero-order valence-corrected chi connectivity index (χ0v) is 65.0. The maximum absolute atomic E-state index is 10.4. The largest absolute Gasteiger partial charge is 0.311 e. The van der Waals surface area contributed by atoms with Gasteiger partial charge in [0.2, 0.25) is 0 Å². The van der Waals surface area contributed by atoms with Crippen molar-refractivity contribution in [1.29, 1.82) is 0 Å². The molecule has 0 spiro atoms. The second-order valence-electron chi connectivity index (χ2n) is 33.2. The lowest BCUT2D eigenvalue weighted by molar-refractivity contribution is 0.590. The van der Waals surface area contributed by atoms with E-state index in [-0.39, 0.29) is 55.1 Å². The summed E-state index contributed by atoms with van der Waals surface area (Å²) in [6.45, 7) is 19.7. The summed E-state index contributed by atoms with van der Waals surface area (Å²) in [5, 5.41) is 2.06. The molecule has 0 atom stereocenters. The number of hydrogen-bond acceptors (Lipinski definition) is 3. The average molecular weight is 1480 g/mol. The predicted molar refractivity (Wildman–Crippen MR) is 487 cm³/mol. The Morgan fingerprint density at radius 1 is 0.272 bits per heavy atom. The van der Waals surface area contributed by atoms with Crippen molar-refractivity contribution in [2.75, 3.05) is 14.7 Å². The van der Waals surface area contributed by atoms with Crippen LogP contribution in [0.3, 0.4) is 0 Å². The van der Waals surface area contributed by atoms with Gasteiger partial charge in [0, 0.05) is 83.9 Å². The number of aromatic nitrogens is 2. The topological polar surface area (TPSA) is 19.6 Å². The molecule has 4 heterocycles. The SMILES string of the molecule is [2H]c1c([2H])c([2H])c(N(c2ccc(-n3c4c([2H])c([2H])c([2H])c([2H])c4c4c([2H])c([2H])c([2H])c([2H])c43)cc2)c2cc3c4c(c2)N(c2c(-c5ccccc5)cccc2-c2ccccc2)c2cc(-c5cccc(C(C)(C)C)c5)ccc2B4c2ccc(-n4c5ccc(C(C)(C)C)cc5c5cc(C(C)(C)C)ccc54)cc2N3c2cc(-c3ccccc3)cc(-c3ccccc3)c2)c([2H])c1[2H]. The molecule has 0 fully saturated rings. The van der Waals surface area contributed by atoms with E-state index in [1.165, 1.54) is 15.7 Å². The molecule has 548 valence electrons. The summed E-state index contributed by atoms with van der Waals surface area (Å²) < 4.78 is 127. The summed E-state index contributed by atoms with van der Waals surface area (Å²) in [5.74, 6) is 0. The Kier molecular flexibility index (Phi) is 13.5. The first-order chi connectivity index (χ1) is 60.8. The minimum absolute atomic E-state index is 0.0829. The number of anilines is 9. The summed E-state index contributed by atoms with van der Waals surface area (Å²) in [5.41, 5.74) is 23.5. The first-order valence-electron chi connectivity index (χ1n) is 45.6. The second-order valence-corrected chi connectivity index (χ2v) is 33.2. The van der Waals surface area contributed by atoms with Gasteiger partial charge in [-0.1, -0.05) is 311 Å². The minimum atomic E-state index is -0.603. The van der Waals surface area contributed by atoms with Crippen molar-refractivity contribution >= 4 is 118 Å². The number of fused-ring (bicyclic) bond motifs is 10.